The van der Waals surface area contributed by atoms with Gasteiger partial charge in [-0.05, 0) is 87.8 Å². The molecular formula is C37H43N7O5. The molecule has 1 aromatic heterocycles. The van der Waals surface area contributed by atoms with E-state index in [9.17, 15) is 14.4 Å². The number of fused-ring (bicyclic) bond motifs is 2. The van der Waals surface area contributed by atoms with Crippen LogP contribution in [0, 0.1) is 6.92 Å². The monoisotopic (exact) mass is 665 g/mol. The van der Waals surface area contributed by atoms with Crippen LogP contribution in [0.2, 0.25) is 0 Å². The zero-order valence-electron chi connectivity index (χ0n) is 28.4. The third-order valence-corrected chi connectivity index (χ3v) is 9.08. The molecule has 49 heavy (non-hydrogen) atoms. The van der Waals surface area contributed by atoms with Crippen LogP contribution in [0.25, 0.3) is 17.0 Å². The largest absolute Gasteiger partial charge is 0.497 e. The van der Waals surface area contributed by atoms with Crippen molar-refractivity contribution < 1.29 is 23.9 Å². The number of hydrogen-bond donors (Lipinski definition) is 4. The van der Waals surface area contributed by atoms with Gasteiger partial charge in [-0.2, -0.15) is 0 Å². The van der Waals surface area contributed by atoms with Gasteiger partial charge in [-0.15, -0.1) is 0 Å². The number of nitrogens with zero attached hydrogens (tertiary/aromatic N) is 3. The minimum Gasteiger partial charge on any atom is -0.497 e. The summed E-state index contributed by atoms with van der Waals surface area (Å²) in [6.07, 6.45) is 1.82. The van der Waals surface area contributed by atoms with Crippen molar-refractivity contribution in [2.45, 2.75) is 13.5 Å². The Bertz CT molecular complexity index is 1890. The van der Waals surface area contributed by atoms with Crippen molar-refractivity contribution in [3.63, 3.8) is 0 Å². The number of anilines is 2. The van der Waals surface area contributed by atoms with Gasteiger partial charge in [0.2, 0.25) is 5.78 Å². The highest BCUT2D eigenvalue weighted by atomic mass is 16.5. The number of carbonyl (C=O) groups excluding carboxylic acids is 3. The topological polar surface area (TPSA) is 129 Å². The number of methoxy groups -OCH3 is 1. The van der Waals surface area contributed by atoms with E-state index < -0.39 is 6.03 Å². The summed E-state index contributed by atoms with van der Waals surface area (Å²) >= 11 is 0. The Morgan fingerprint density at radius 1 is 0.918 bits per heavy atom. The van der Waals surface area contributed by atoms with Crippen LogP contribution in [-0.4, -0.2) is 99.1 Å². The molecule has 0 unspecified atom stereocenters. The number of carbonyl (C=O) groups is 3. The summed E-state index contributed by atoms with van der Waals surface area (Å²) < 4.78 is 13.9. The molecule has 0 aliphatic carbocycles. The maximum Gasteiger partial charge on any atom is 0.323 e. The normalized spacial score (nSPS) is 15.7. The summed E-state index contributed by atoms with van der Waals surface area (Å²) in [7, 11) is 5.62. The first-order valence-electron chi connectivity index (χ1n) is 16.5. The molecule has 3 heterocycles. The number of nitrogens with one attached hydrogen (secondary N) is 4. The maximum absolute atomic E-state index is 13.6. The number of piperazine rings is 1. The van der Waals surface area contributed by atoms with Gasteiger partial charge < -0.3 is 40.2 Å². The molecule has 2 aliphatic rings. The van der Waals surface area contributed by atoms with Crippen molar-refractivity contribution in [3.05, 3.63) is 88.8 Å². The lowest BCUT2D eigenvalue weighted by atomic mass is 10.1. The molecule has 0 bridgehead atoms. The number of ether oxygens (including phenoxy) is 2. The smallest absolute Gasteiger partial charge is 0.323 e. The average molecular weight is 666 g/mol. The number of Topliss-reactive ketones (excluding diaryl/α,β-unsaturated/α-hetero) is 1. The Morgan fingerprint density at radius 3 is 2.39 bits per heavy atom. The average Bonchev–Trinajstić information content (AvgIpc) is 3.55. The predicted octanol–water partition coefficient (Wildman–Crippen LogP) is 4.42. The van der Waals surface area contributed by atoms with Crippen LogP contribution < -0.4 is 30.7 Å². The fourth-order valence-electron chi connectivity index (χ4n) is 6.20. The summed E-state index contributed by atoms with van der Waals surface area (Å²) in [5, 5.41) is 12.3. The van der Waals surface area contributed by atoms with E-state index in [4.69, 9.17) is 9.47 Å². The summed E-state index contributed by atoms with van der Waals surface area (Å²) in [4.78, 5) is 43.5. The molecular weight excluding hydrogens is 622 g/mol. The Labute approximate surface area is 286 Å². The van der Waals surface area contributed by atoms with E-state index in [1.807, 2.05) is 25.3 Å². The highest BCUT2D eigenvalue weighted by molar-refractivity contribution is 6.16. The molecule has 2 aliphatic heterocycles. The molecule has 4 N–H and O–H groups in total. The van der Waals surface area contributed by atoms with E-state index in [0.29, 0.717) is 41.3 Å². The molecule has 12 nitrogen and oxygen atoms in total. The molecule has 0 saturated carbocycles. The van der Waals surface area contributed by atoms with Crippen molar-refractivity contribution in [2.24, 2.45) is 0 Å². The zero-order valence-corrected chi connectivity index (χ0v) is 28.4. The summed E-state index contributed by atoms with van der Waals surface area (Å²) in [6, 6.07) is 17.1. The van der Waals surface area contributed by atoms with Gasteiger partial charge in [-0.1, -0.05) is 0 Å². The van der Waals surface area contributed by atoms with Crippen molar-refractivity contribution in [2.75, 3.05) is 77.7 Å². The van der Waals surface area contributed by atoms with Gasteiger partial charge in [0.15, 0.2) is 5.76 Å². The van der Waals surface area contributed by atoms with E-state index >= 15 is 0 Å². The summed E-state index contributed by atoms with van der Waals surface area (Å²) in [6.45, 7) is 9.23. The molecule has 12 heteroatoms. The number of ketones is 1. The second-order valence-electron chi connectivity index (χ2n) is 12.3. The van der Waals surface area contributed by atoms with Gasteiger partial charge in [0.1, 0.15) is 11.5 Å². The quantitative estimate of drug-likeness (QED) is 0.137. The minimum absolute atomic E-state index is 0.188. The van der Waals surface area contributed by atoms with Crippen LogP contribution in [0.3, 0.4) is 0 Å². The Kier molecular flexibility index (Phi) is 10.3. The van der Waals surface area contributed by atoms with Crippen LogP contribution in [0.4, 0.5) is 16.2 Å². The zero-order chi connectivity index (χ0) is 34.5. The van der Waals surface area contributed by atoms with Crippen molar-refractivity contribution >= 4 is 46.1 Å². The summed E-state index contributed by atoms with van der Waals surface area (Å²) in [5.41, 5.74) is 4.84. The van der Waals surface area contributed by atoms with E-state index in [1.165, 1.54) is 0 Å². The molecule has 1 fully saturated rings. The van der Waals surface area contributed by atoms with Crippen molar-refractivity contribution in [1.29, 1.82) is 0 Å². The van der Waals surface area contributed by atoms with E-state index in [2.05, 4.69) is 55.7 Å². The van der Waals surface area contributed by atoms with Gasteiger partial charge in [0.05, 0.1) is 12.7 Å². The SMILES string of the molecule is CNCCNC(=O)c1ccc(NC(=O)Nc2ccc3c(c2)C(=O)/C(=C/c2c(C)n(CCN4CCN(C)CC4)c4ccc(OC)cc24)O3)cc1. The number of benzene rings is 3. The number of aromatic nitrogens is 1. The van der Waals surface area contributed by atoms with Crippen LogP contribution >= 0.6 is 0 Å². The third-order valence-electron chi connectivity index (χ3n) is 9.08. The van der Waals surface area contributed by atoms with E-state index in [0.717, 1.165) is 67.2 Å². The van der Waals surface area contributed by atoms with E-state index in [1.54, 1.807) is 49.6 Å². The van der Waals surface area contributed by atoms with Crippen molar-refractivity contribution in [1.82, 2.24) is 25.0 Å². The molecule has 1 saturated heterocycles. The fourth-order valence-corrected chi connectivity index (χ4v) is 6.20. The van der Waals surface area contributed by atoms with Gasteiger partial charge in [-0.3, -0.25) is 14.5 Å². The molecule has 256 valence electrons. The van der Waals surface area contributed by atoms with Gasteiger partial charge in [0, 0.05) is 91.5 Å². The highest BCUT2D eigenvalue weighted by Gasteiger charge is 2.29. The molecule has 3 aromatic carbocycles. The maximum atomic E-state index is 13.6. The number of hydrogen-bond acceptors (Lipinski definition) is 8. The lowest BCUT2D eigenvalue weighted by Gasteiger charge is -2.32. The van der Waals surface area contributed by atoms with Crippen LogP contribution in [0.15, 0.2) is 66.4 Å². The van der Waals surface area contributed by atoms with Gasteiger partial charge >= 0.3 is 6.03 Å². The fraction of sp³-hybridized carbons (Fsp3) is 0.324. The first kappa shape index (κ1) is 33.7. The first-order chi connectivity index (χ1) is 23.7. The van der Waals surface area contributed by atoms with Crippen molar-refractivity contribution in [3.8, 4) is 11.5 Å². The molecule has 0 spiro atoms. The Balaban J connectivity index is 1.15. The van der Waals surface area contributed by atoms with Crippen LogP contribution in [0.5, 0.6) is 11.5 Å². The van der Waals surface area contributed by atoms with Crippen LogP contribution in [0.1, 0.15) is 32.0 Å². The highest BCUT2D eigenvalue weighted by Crippen LogP contribution is 2.37. The number of likely N-dealkylation sites (N-methyl/N-ethyl adjacent to an activating group) is 2. The standard InChI is InChI=1S/C37H43N7O5/c1-24-29(30-22-28(48-4)10-11-32(30)44(24)20-19-43-17-15-42(3)16-18-43)23-34-35(45)31-21-27(9-12-33(31)49-34)41-37(47)40-26-7-5-25(6-8-26)36(46)39-14-13-38-2/h5-12,21-23,38H,13-20H2,1-4H3,(H,39,46)(H2,40,41,47)/b34-23-. The third kappa shape index (κ3) is 7.62. The predicted molar refractivity (Wildman–Crippen MR) is 192 cm³/mol. The minimum atomic E-state index is -0.484. The van der Waals surface area contributed by atoms with Crippen LogP contribution in [-0.2, 0) is 6.54 Å². The number of allylic oxidation sites excluding steroid dienone is 1. The first-order valence-corrected chi connectivity index (χ1v) is 16.5. The van der Waals surface area contributed by atoms with Gasteiger partial charge in [-0.25, -0.2) is 4.79 Å². The number of amides is 3. The second-order valence-corrected chi connectivity index (χ2v) is 12.3. The molecule has 0 radical (unpaired) electrons. The second kappa shape index (κ2) is 14.9. The van der Waals surface area contributed by atoms with Gasteiger partial charge in [0.25, 0.3) is 5.91 Å². The van der Waals surface area contributed by atoms with E-state index in [-0.39, 0.29) is 17.4 Å². The molecule has 0 atom stereocenters. The lowest BCUT2D eigenvalue weighted by Crippen LogP contribution is -2.45. The molecule has 3 amide bonds. The molecule has 6 rings (SSSR count). The Morgan fingerprint density at radius 2 is 1.65 bits per heavy atom. The lowest BCUT2D eigenvalue weighted by molar-refractivity contribution is 0.0953. The summed E-state index contributed by atoms with van der Waals surface area (Å²) in [5.74, 6) is 0.936. The number of urea groups is 1. The molecule has 4 aromatic rings. The Hall–Kier alpha value is -5.17. The number of rotatable bonds is 11.